The van der Waals surface area contributed by atoms with Gasteiger partial charge in [0.25, 0.3) is 0 Å². The molecule has 4 amide bonds. The molecule has 1 aliphatic heterocycles. The fraction of sp³-hybridized carbons (Fsp3) is 0.261. The number of urea groups is 1. The summed E-state index contributed by atoms with van der Waals surface area (Å²) in [5.74, 6) is -1.28. The molecule has 0 bridgehead atoms. The molecule has 9 nitrogen and oxygen atoms in total. The number of likely N-dealkylation sites (tertiary alicyclic amines) is 1. The minimum atomic E-state index is -1.19. The van der Waals surface area contributed by atoms with E-state index in [2.05, 4.69) is 10.6 Å². The van der Waals surface area contributed by atoms with Crippen LogP contribution in [0.15, 0.2) is 48.7 Å². The van der Waals surface area contributed by atoms with Gasteiger partial charge < -0.3 is 26.4 Å². The average molecular weight is 488 g/mol. The normalized spacial score (nSPS) is 18.6. The summed E-state index contributed by atoms with van der Waals surface area (Å²) in [5.41, 5.74) is 6.44. The highest BCUT2D eigenvalue weighted by molar-refractivity contribution is 6.30. The van der Waals surface area contributed by atoms with Gasteiger partial charge in [0.15, 0.2) is 0 Å². The lowest BCUT2D eigenvalue weighted by atomic mass is 10.1. The largest absolute Gasteiger partial charge is 0.390 e. The molecule has 0 spiro atoms. The minimum absolute atomic E-state index is 0.0735. The van der Waals surface area contributed by atoms with E-state index in [0.29, 0.717) is 16.6 Å². The molecule has 3 aromatic rings. The van der Waals surface area contributed by atoms with Crippen LogP contribution >= 0.6 is 11.6 Å². The Balaban J connectivity index is 1.53. The Labute approximate surface area is 199 Å². The lowest BCUT2D eigenvalue weighted by Crippen LogP contribution is -2.51. The number of fused-ring (bicyclic) bond motifs is 1. The maximum absolute atomic E-state index is 14.3. The molecule has 1 aliphatic rings. The molecule has 0 saturated carbocycles. The topological polar surface area (TPSA) is 130 Å². The van der Waals surface area contributed by atoms with Crippen LogP contribution in [0.3, 0.4) is 0 Å². The van der Waals surface area contributed by atoms with Crippen LogP contribution in [0.1, 0.15) is 24.9 Å². The number of aliphatic hydroxyl groups is 1. The molecule has 1 fully saturated rings. The molecule has 2 heterocycles. The number of hydrogen-bond acceptors (Lipinski definition) is 4. The summed E-state index contributed by atoms with van der Waals surface area (Å²) < 4.78 is 15.6. The number of aromatic nitrogens is 1. The van der Waals surface area contributed by atoms with Gasteiger partial charge in [0, 0.05) is 23.7 Å². The van der Waals surface area contributed by atoms with Crippen molar-refractivity contribution in [3.63, 3.8) is 0 Å². The number of benzene rings is 2. The second kappa shape index (κ2) is 9.32. The third-order valence-corrected chi connectivity index (χ3v) is 6.19. The molecule has 0 unspecified atom stereocenters. The van der Waals surface area contributed by atoms with Crippen molar-refractivity contribution in [2.75, 3.05) is 11.9 Å². The number of hydrogen-bond donors (Lipinski definition) is 4. The first-order chi connectivity index (χ1) is 16.2. The highest BCUT2D eigenvalue weighted by atomic mass is 35.5. The summed E-state index contributed by atoms with van der Waals surface area (Å²) in [5, 5.41) is 16.3. The van der Waals surface area contributed by atoms with E-state index < -0.39 is 42.0 Å². The first-order valence-electron chi connectivity index (χ1n) is 10.6. The van der Waals surface area contributed by atoms with Crippen LogP contribution < -0.4 is 16.4 Å². The Hall–Kier alpha value is -3.63. The molecule has 3 atom stereocenters. The number of halogens is 2. The van der Waals surface area contributed by atoms with Crippen LogP contribution in [-0.2, 0) is 4.79 Å². The highest BCUT2D eigenvalue weighted by Crippen LogP contribution is 2.28. The predicted molar refractivity (Wildman–Crippen MR) is 125 cm³/mol. The molecule has 5 N–H and O–H groups in total. The Morgan fingerprint density at radius 1 is 1.21 bits per heavy atom. The zero-order valence-corrected chi connectivity index (χ0v) is 18.9. The van der Waals surface area contributed by atoms with E-state index in [-0.39, 0.29) is 23.6 Å². The second-order valence-electron chi connectivity index (χ2n) is 8.07. The number of nitrogens with one attached hydrogen (secondary N) is 2. The summed E-state index contributed by atoms with van der Waals surface area (Å²) in [6.07, 6.45) is 0.486. The first kappa shape index (κ1) is 23.5. The van der Waals surface area contributed by atoms with E-state index in [1.807, 2.05) is 0 Å². The number of carbonyl (C=O) groups excluding carboxylic acids is 3. The van der Waals surface area contributed by atoms with E-state index in [1.54, 1.807) is 37.3 Å². The number of primary amides is 1. The Morgan fingerprint density at radius 2 is 1.94 bits per heavy atom. The van der Waals surface area contributed by atoms with Crippen LogP contribution in [-0.4, -0.2) is 51.2 Å². The molecule has 0 aliphatic carbocycles. The average Bonchev–Trinajstić information content (AvgIpc) is 3.36. The van der Waals surface area contributed by atoms with Gasteiger partial charge in [-0.3, -0.25) is 9.36 Å². The number of aliphatic hydroxyl groups excluding tert-OH is 1. The summed E-state index contributed by atoms with van der Waals surface area (Å²) in [6.45, 7) is 1.70. The van der Waals surface area contributed by atoms with Gasteiger partial charge >= 0.3 is 12.1 Å². The van der Waals surface area contributed by atoms with E-state index >= 15 is 0 Å². The zero-order valence-electron chi connectivity index (χ0n) is 18.2. The standard InChI is InChI=1S/C23H23ClFN5O4/c1-12(13-6-4-7-15(24)19(13)25)27-21(32)20-18(31)9-10-29(20)23(34)28-16-11-30(22(26)33)17-8-3-2-5-14(16)17/h2-8,11-12,18,20,31H,9-10H2,1H3,(H2,26,33)(H,27,32)(H,28,34)/t12-,18-,20+/m1/s1. The molecule has 4 rings (SSSR count). The van der Waals surface area contributed by atoms with Crippen molar-refractivity contribution in [3.05, 3.63) is 65.1 Å². The second-order valence-corrected chi connectivity index (χ2v) is 8.47. The molecule has 178 valence electrons. The molecular weight excluding hydrogens is 465 g/mol. The lowest BCUT2D eigenvalue weighted by molar-refractivity contribution is -0.127. The van der Waals surface area contributed by atoms with Gasteiger partial charge in [-0.2, -0.15) is 0 Å². The third kappa shape index (κ3) is 4.29. The van der Waals surface area contributed by atoms with Gasteiger partial charge in [0.1, 0.15) is 11.9 Å². The summed E-state index contributed by atoms with van der Waals surface area (Å²) in [7, 11) is 0. The van der Waals surface area contributed by atoms with Crippen LogP contribution in [0, 0.1) is 5.82 Å². The van der Waals surface area contributed by atoms with Crippen LogP contribution in [0.2, 0.25) is 5.02 Å². The fourth-order valence-electron chi connectivity index (χ4n) is 4.20. The monoisotopic (exact) mass is 487 g/mol. The number of nitrogens with zero attached hydrogens (tertiary/aromatic N) is 2. The Bertz CT molecular complexity index is 1280. The zero-order chi connectivity index (χ0) is 24.6. The van der Waals surface area contributed by atoms with Gasteiger partial charge in [-0.1, -0.05) is 41.9 Å². The number of amides is 4. The highest BCUT2D eigenvalue weighted by Gasteiger charge is 2.41. The molecule has 34 heavy (non-hydrogen) atoms. The maximum atomic E-state index is 14.3. The van der Waals surface area contributed by atoms with Crippen LogP contribution in [0.5, 0.6) is 0 Å². The summed E-state index contributed by atoms with van der Waals surface area (Å²) >= 11 is 5.83. The van der Waals surface area contributed by atoms with Crippen molar-refractivity contribution >= 4 is 46.2 Å². The fourth-order valence-corrected chi connectivity index (χ4v) is 4.38. The summed E-state index contributed by atoms with van der Waals surface area (Å²) in [4.78, 5) is 39.0. The lowest BCUT2D eigenvalue weighted by Gasteiger charge is -2.27. The van der Waals surface area contributed by atoms with Crippen molar-refractivity contribution in [3.8, 4) is 0 Å². The van der Waals surface area contributed by atoms with Crippen molar-refractivity contribution in [1.29, 1.82) is 0 Å². The van der Waals surface area contributed by atoms with Crippen molar-refractivity contribution in [2.45, 2.75) is 31.5 Å². The molecule has 11 heteroatoms. The Kier molecular flexibility index (Phi) is 6.45. The van der Waals surface area contributed by atoms with Crippen molar-refractivity contribution in [2.24, 2.45) is 5.73 Å². The van der Waals surface area contributed by atoms with Crippen molar-refractivity contribution < 1.29 is 23.9 Å². The molecule has 2 aromatic carbocycles. The molecule has 1 aromatic heterocycles. The van der Waals surface area contributed by atoms with Crippen LogP contribution in [0.4, 0.5) is 19.7 Å². The van der Waals surface area contributed by atoms with E-state index in [0.717, 1.165) is 0 Å². The molecule has 0 radical (unpaired) electrons. The molecular formula is C23H23ClFN5O4. The van der Waals surface area contributed by atoms with Crippen molar-refractivity contribution in [1.82, 2.24) is 14.8 Å². The predicted octanol–water partition coefficient (Wildman–Crippen LogP) is 3.21. The van der Waals surface area contributed by atoms with Gasteiger partial charge in [-0.15, -0.1) is 0 Å². The third-order valence-electron chi connectivity index (χ3n) is 5.89. The number of nitrogens with two attached hydrogens (primary N) is 1. The number of para-hydroxylation sites is 1. The van der Waals surface area contributed by atoms with Gasteiger partial charge in [0.05, 0.1) is 28.4 Å². The number of carbonyl (C=O) groups is 3. The van der Waals surface area contributed by atoms with Gasteiger partial charge in [-0.05, 0) is 25.5 Å². The smallest absolute Gasteiger partial charge is 0.323 e. The quantitative estimate of drug-likeness (QED) is 0.450. The summed E-state index contributed by atoms with van der Waals surface area (Å²) in [6, 6.07) is 8.05. The van der Waals surface area contributed by atoms with Crippen LogP contribution in [0.25, 0.3) is 10.9 Å². The van der Waals surface area contributed by atoms with E-state index in [4.69, 9.17) is 17.3 Å². The first-order valence-corrected chi connectivity index (χ1v) is 11.0. The minimum Gasteiger partial charge on any atom is -0.390 e. The van der Waals surface area contributed by atoms with Gasteiger partial charge in [-0.25, -0.2) is 14.0 Å². The molecule has 1 saturated heterocycles. The SMILES string of the molecule is C[C@@H](NC(=O)[C@@H]1[C@H](O)CCN1C(=O)Nc1cn(C(N)=O)c2ccccc12)c1cccc(Cl)c1F. The number of rotatable bonds is 4. The van der Waals surface area contributed by atoms with E-state index in [1.165, 1.54) is 27.8 Å². The van der Waals surface area contributed by atoms with E-state index in [9.17, 15) is 23.9 Å². The maximum Gasteiger partial charge on any atom is 0.323 e. The Morgan fingerprint density at radius 3 is 2.68 bits per heavy atom. The number of anilines is 1. The van der Waals surface area contributed by atoms with Gasteiger partial charge in [0.2, 0.25) is 5.91 Å².